The highest BCUT2D eigenvalue weighted by molar-refractivity contribution is 9.11. The zero-order chi connectivity index (χ0) is 15.4. The molecule has 1 aliphatic heterocycles. The molecule has 1 aliphatic rings. The van der Waals surface area contributed by atoms with Gasteiger partial charge in [-0.2, -0.15) is 0 Å². The summed E-state index contributed by atoms with van der Waals surface area (Å²) in [6.45, 7) is 9.14. The van der Waals surface area contributed by atoms with E-state index >= 15 is 0 Å². The molecule has 2 aromatic heterocycles. The van der Waals surface area contributed by atoms with Crippen molar-refractivity contribution in [3.8, 4) is 0 Å². The van der Waals surface area contributed by atoms with Gasteiger partial charge in [0.1, 0.15) is 0 Å². The van der Waals surface area contributed by atoms with Crippen LogP contribution in [0.3, 0.4) is 0 Å². The molecule has 0 spiro atoms. The fraction of sp³-hybridized carbons (Fsp3) is 0.714. The zero-order valence-corrected chi connectivity index (χ0v) is 16.2. The van der Waals surface area contributed by atoms with Crippen LogP contribution in [-0.4, -0.2) is 34.1 Å². The van der Waals surface area contributed by atoms with Gasteiger partial charge in [-0.25, -0.2) is 9.97 Å². The smallest absolute Gasteiger partial charge is 0.188 e. The first-order valence-electron chi connectivity index (χ1n) is 7.10. The van der Waals surface area contributed by atoms with E-state index in [1.54, 1.807) is 22.7 Å². The van der Waals surface area contributed by atoms with Crippen LogP contribution in [0.2, 0.25) is 0 Å². The van der Waals surface area contributed by atoms with Crippen molar-refractivity contribution < 1.29 is 0 Å². The molecule has 2 aromatic rings. The minimum absolute atomic E-state index is 0.149. The molecular weight excluding hydrogens is 368 g/mol. The Balaban J connectivity index is 1.86. The maximum absolute atomic E-state index is 4.75. The molecule has 0 aromatic carbocycles. The van der Waals surface area contributed by atoms with E-state index in [0.717, 1.165) is 31.6 Å². The van der Waals surface area contributed by atoms with E-state index in [4.69, 9.17) is 4.98 Å². The van der Waals surface area contributed by atoms with Gasteiger partial charge in [-0.3, -0.25) is 0 Å². The highest BCUT2D eigenvalue weighted by Gasteiger charge is 2.39. The summed E-state index contributed by atoms with van der Waals surface area (Å²) in [6, 6.07) is 0.500. The Morgan fingerprint density at radius 2 is 1.67 bits per heavy atom. The van der Waals surface area contributed by atoms with Crippen LogP contribution in [0.15, 0.2) is 3.92 Å². The highest BCUT2D eigenvalue weighted by Crippen LogP contribution is 2.37. The van der Waals surface area contributed by atoms with E-state index in [2.05, 4.69) is 65.9 Å². The second kappa shape index (κ2) is 5.15. The molecule has 0 amide bonds. The third-order valence-corrected chi connectivity index (χ3v) is 6.53. The standard InChI is InChI=1S/C14H21BrN4S2/c1-13(2)6-8(7-14(3,4)18-13)19(5)12-17-10-9(21-12)16-11(15)20-10/h8,18H,6-7H2,1-5H3. The first-order valence-corrected chi connectivity index (χ1v) is 9.53. The minimum atomic E-state index is 0.149. The van der Waals surface area contributed by atoms with Crippen LogP contribution >= 0.6 is 38.6 Å². The number of nitrogens with one attached hydrogen (secondary N) is 1. The number of hydrogen-bond donors (Lipinski definition) is 1. The lowest BCUT2D eigenvalue weighted by atomic mass is 9.79. The molecule has 7 heteroatoms. The lowest BCUT2D eigenvalue weighted by Crippen LogP contribution is -2.61. The van der Waals surface area contributed by atoms with Crippen molar-refractivity contribution in [1.82, 2.24) is 15.3 Å². The molecule has 0 bridgehead atoms. The van der Waals surface area contributed by atoms with Crippen LogP contribution in [-0.2, 0) is 0 Å². The van der Waals surface area contributed by atoms with Crippen LogP contribution < -0.4 is 10.2 Å². The summed E-state index contributed by atoms with van der Waals surface area (Å²) in [5, 5.41) is 4.82. The number of fused-ring (bicyclic) bond motifs is 1. The number of aromatic nitrogens is 2. The van der Waals surface area contributed by atoms with E-state index in [1.807, 2.05) is 0 Å². The van der Waals surface area contributed by atoms with Crippen molar-refractivity contribution in [2.75, 3.05) is 11.9 Å². The fourth-order valence-corrected chi connectivity index (χ4v) is 6.01. The van der Waals surface area contributed by atoms with Gasteiger partial charge in [0.2, 0.25) is 0 Å². The Kier molecular flexibility index (Phi) is 3.83. The van der Waals surface area contributed by atoms with Crippen molar-refractivity contribution in [1.29, 1.82) is 0 Å². The number of thiazole rings is 2. The Bertz CT molecular complexity index is 614. The van der Waals surface area contributed by atoms with Gasteiger partial charge in [0.25, 0.3) is 0 Å². The van der Waals surface area contributed by atoms with E-state index in [0.29, 0.717) is 6.04 Å². The Morgan fingerprint density at radius 1 is 1.10 bits per heavy atom. The van der Waals surface area contributed by atoms with E-state index in [9.17, 15) is 0 Å². The molecule has 0 atom stereocenters. The summed E-state index contributed by atoms with van der Waals surface area (Å²) in [4.78, 5) is 13.6. The van der Waals surface area contributed by atoms with Crippen LogP contribution in [0, 0.1) is 0 Å². The van der Waals surface area contributed by atoms with E-state index < -0.39 is 0 Å². The summed E-state index contributed by atoms with van der Waals surface area (Å²) in [5.74, 6) is 0. The van der Waals surface area contributed by atoms with Gasteiger partial charge in [-0.1, -0.05) is 22.7 Å². The quantitative estimate of drug-likeness (QED) is 0.833. The Hall–Kier alpha value is -0.240. The largest absolute Gasteiger partial charge is 0.348 e. The average molecular weight is 389 g/mol. The molecule has 0 saturated carbocycles. The molecular formula is C14H21BrN4S2. The predicted octanol–water partition coefficient (Wildman–Crippen LogP) is 4.26. The minimum Gasteiger partial charge on any atom is -0.348 e. The second-order valence-electron chi connectivity index (χ2n) is 7.14. The monoisotopic (exact) mass is 388 g/mol. The third-order valence-electron chi connectivity index (χ3n) is 3.96. The highest BCUT2D eigenvalue weighted by atomic mass is 79.9. The summed E-state index contributed by atoms with van der Waals surface area (Å²) < 4.78 is 0.912. The SMILES string of the molecule is CN(c1nc2sc(Br)nc2s1)C1CC(C)(C)NC(C)(C)C1. The molecule has 0 unspecified atom stereocenters. The van der Waals surface area contributed by atoms with Crippen molar-refractivity contribution in [2.24, 2.45) is 0 Å². The summed E-state index contributed by atoms with van der Waals surface area (Å²) in [7, 11) is 2.17. The number of piperidine rings is 1. The first-order chi connectivity index (χ1) is 9.65. The summed E-state index contributed by atoms with van der Waals surface area (Å²) >= 11 is 6.71. The van der Waals surface area contributed by atoms with Crippen LogP contribution in [0.5, 0.6) is 0 Å². The topological polar surface area (TPSA) is 41.1 Å². The summed E-state index contributed by atoms with van der Waals surface area (Å²) in [5.41, 5.74) is 0.299. The second-order valence-corrected chi connectivity index (χ2v) is 10.3. The van der Waals surface area contributed by atoms with Gasteiger partial charge in [-0.15, -0.1) is 0 Å². The molecule has 3 heterocycles. The zero-order valence-electron chi connectivity index (χ0n) is 13.0. The van der Waals surface area contributed by atoms with Crippen LogP contribution in [0.1, 0.15) is 40.5 Å². The maximum Gasteiger partial charge on any atom is 0.188 e. The number of rotatable bonds is 2. The Labute approximate surface area is 142 Å². The number of nitrogens with zero attached hydrogens (tertiary/aromatic N) is 3. The molecule has 1 fully saturated rings. The molecule has 0 radical (unpaired) electrons. The first kappa shape index (κ1) is 15.6. The molecule has 3 rings (SSSR count). The van der Waals surface area contributed by atoms with Gasteiger partial charge in [0, 0.05) is 24.2 Å². The van der Waals surface area contributed by atoms with Gasteiger partial charge in [-0.05, 0) is 56.5 Å². The van der Waals surface area contributed by atoms with Crippen molar-refractivity contribution in [3.05, 3.63) is 3.92 Å². The normalized spacial score (nSPS) is 21.8. The number of hydrogen-bond acceptors (Lipinski definition) is 6. The number of halogens is 1. The van der Waals surface area contributed by atoms with Gasteiger partial charge >= 0.3 is 0 Å². The van der Waals surface area contributed by atoms with E-state index in [1.165, 1.54) is 0 Å². The Morgan fingerprint density at radius 3 is 2.24 bits per heavy atom. The van der Waals surface area contributed by atoms with Gasteiger partial charge in [0.15, 0.2) is 18.7 Å². The van der Waals surface area contributed by atoms with Gasteiger partial charge < -0.3 is 10.2 Å². The number of anilines is 1. The van der Waals surface area contributed by atoms with Crippen molar-refractivity contribution in [3.63, 3.8) is 0 Å². The molecule has 4 nitrogen and oxygen atoms in total. The molecule has 21 heavy (non-hydrogen) atoms. The molecule has 0 aliphatic carbocycles. The van der Waals surface area contributed by atoms with Crippen LogP contribution in [0.4, 0.5) is 5.13 Å². The molecule has 1 saturated heterocycles. The summed E-state index contributed by atoms with van der Waals surface area (Å²) in [6.07, 6.45) is 2.24. The third kappa shape index (κ3) is 3.25. The lowest BCUT2D eigenvalue weighted by molar-refractivity contribution is 0.161. The maximum atomic E-state index is 4.75. The fourth-order valence-electron chi connectivity index (χ4n) is 3.46. The van der Waals surface area contributed by atoms with Crippen molar-refractivity contribution >= 4 is 53.4 Å². The molecule has 1 N–H and O–H groups in total. The van der Waals surface area contributed by atoms with Crippen molar-refractivity contribution in [2.45, 2.75) is 57.7 Å². The molecule has 116 valence electrons. The predicted molar refractivity (Wildman–Crippen MR) is 95.7 cm³/mol. The van der Waals surface area contributed by atoms with E-state index in [-0.39, 0.29) is 11.1 Å². The van der Waals surface area contributed by atoms with Crippen LogP contribution in [0.25, 0.3) is 9.66 Å². The lowest BCUT2D eigenvalue weighted by Gasteiger charge is -2.48. The average Bonchev–Trinajstić information content (AvgIpc) is 2.80. The van der Waals surface area contributed by atoms with Gasteiger partial charge in [0.05, 0.1) is 0 Å².